The summed E-state index contributed by atoms with van der Waals surface area (Å²) < 4.78 is 0. The molecule has 0 spiro atoms. The van der Waals surface area contributed by atoms with Crippen molar-refractivity contribution in [1.29, 1.82) is 0 Å². The summed E-state index contributed by atoms with van der Waals surface area (Å²) >= 11 is 0. The first-order valence-electron chi connectivity index (χ1n) is 4.26. The summed E-state index contributed by atoms with van der Waals surface area (Å²) in [5.74, 6) is 0.153. The molecule has 0 aliphatic heterocycles. The molecule has 0 aliphatic rings. The minimum atomic E-state index is 0.153. The normalized spacial score (nSPS) is 9.62. The van der Waals surface area contributed by atoms with Crippen LogP contribution >= 0.6 is 0 Å². The van der Waals surface area contributed by atoms with Gasteiger partial charge in [-0.15, -0.1) is 0 Å². The lowest BCUT2D eigenvalue weighted by Gasteiger charge is -2.01. The number of aryl methyl sites for hydroxylation is 1. The Bertz CT molecular complexity index is 316. The molecule has 68 valence electrons. The lowest BCUT2D eigenvalue weighted by atomic mass is 10.0. The number of ketones is 1. The first-order chi connectivity index (χ1) is 6.24. The minimum Gasteiger partial charge on any atom is -0.300 e. The van der Waals surface area contributed by atoms with E-state index in [1.54, 1.807) is 13.0 Å². The van der Waals surface area contributed by atoms with Gasteiger partial charge >= 0.3 is 0 Å². The van der Waals surface area contributed by atoms with Crippen molar-refractivity contribution in [3.8, 4) is 0 Å². The molecule has 0 aromatic heterocycles. The van der Waals surface area contributed by atoms with Crippen LogP contribution in [0.1, 0.15) is 29.3 Å². The molecule has 1 aromatic rings. The average Bonchev–Trinajstić information content (AvgIpc) is 2.15. The van der Waals surface area contributed by atoms with E-state index < -0.39 is 0 Å². The van der Waals surface area contributed by atoms with Gasteiger partial charge in [-0.25, -0.2) is 0 Å². The maximum Gasteiger partial charge on any atom is 0.150 e. The molecule has 0 radical (unpaired) electrons. The Hall–Kier alpha value is -1.44. The first-order valence-corrected chi connectivity index (χ1v) is 4.26. The number of rotatable bonds is 4. The molecule has 0 heterocycles. The van der Waals surface area contributed by atoms with Gasteiger partial charge in [0.15, 0.2) is 0 Å². The van der Waals surface area contributed by atoms with Gasteiger partial charge in [0.25, 0.3) is 0 Å². The second-order valence-electron chi connectivity index (χ2n) is 3.02. The lowest BCUT2D eigenvalue weighted by molar-refractivity contribution is -0.116. The maximum atomic E-state index is 10.7. The van der Waals surface area contributed by atoms with Crippen molar-refractivity contribution in [3.05, 3.63) is 35.4 Å². The van der Waals surface area contributed by atoms with E-state index in [9.17, 15) is 9.59 Å². The molecule has 1 rings (SSSR count). The Kier molecular flexibility index (Phi) is 3.38. The van der Waals surface area contributed by atoms with E-state index in [0.717, 1.165) is 11.8 Å². The van der Waals surface area contributed by atoms with E-state index in [1.807, 2.05) is 18.2 Å². The van der Waals surface area contributed by atoms with Crippen LogP contribution in [0.3, 0.4) is 0 Å². The second-order valence-corrected chi connectivity index (χ2v) is 3.02. The van der Waals surface area contributed by atoms with E-state index in [1.165, 1.54) is 0 Å². The summed E-state index contributed by atoms with van der Waals surface area (Å²) in [6.07, 6.45) is 1.99. The summed E-state index contributed by atoms with van der Waals surface area (Å²) in [5, 5.41) is 0. The molecule has 0 saturated carbocycles. The maximum absolute atomic E-state index is 10.7. The van der Waals surface area contributed by atoms with Crippen molar-refractivity contribution >= 4 is 12.1 Å². The highest BCUT2D eigenvalue weighted by atomic mass is 16.1. The molecule has 13 heavy (non-hydrogen) atoms. The third-order valence-electron chi connectivity index (χ3n) is 1.93. The van der Waals surface area contributed by atoms with Gasteiger partial charge in [0.2, 0.25) is 0 Å². The number of hydrogen-bond acceptors (Lipinski definition) is 2. The summed E-state index contributed by atoms with van der Waals surface area (Å²) in [5.41, 5.74) is 1.64. The second kappa shape index (κ2) is 4.55. The van der Waals surface area contributed by atoms with E-state index in [0.29, 0.717) is 18.4 Å². The number of carbonyl (C=O) groups excluding carboxylic acids is 2. The minimum absolute atomic E-state index is 0.153. The van der Waals surface area contributed by atoms with Crippen LogP contribution in [0.5, 0.6) is 0 Å². The summed E-state index contributed by atoms with van der Waals surface area (Å²) in [6, 6.07) is 7.35. The van der Waals surface area contributed by atoms with Crippen LogP contribution in [0.15, 0.2) is 24.3 Å². The zero-order valence-electron chi connectivity index (χ0n) is 7.62. The molecule has 0 saturated heterocycles. The van der Waals surface area contributed by atoms with Crippen LogP contribution in [-0.4, -0.2) is 12.1 Å². The molecular weight excluding hydrogens is 164 g/mol. The first kappa shape index (κ1) is 9.65. The molecule has 0 atom stereocenters. The van der Waals surface area contributed by atoms with Crippen LogP contribution in [0, 0.1) is 0 Å². The van der Waals surface area contributed by atoms with Gasteiger partial charge in [-0.3, -0.25) is 4.79 Å². The Morgan fingerprint density at radius 1 is 1.38 bits per heavy atom. The Morgan fingerprint density at radius 3 is 2.69 bits per heavy atom. The summed E-state index contributed by atoms with van der Waals surface area (Å²) in [4.78, 5) is 21.3. The van der Waals surface area contributed by atoms with Crippen LogP contribution in [-0.2, 0) is 11.2 Å². The highest BCUT2D eigenvalue weighted by Gasteiger charge is 2.01. The number of Topliss-reactive ketones (excluding diaryl/α,β-unsaturated/α-hetero) is 1. The summed E-state index contributed by atoms with van der Waals surface area (Å²) in [7, 11) is 0. The largest absolute Gasteiger partial charge is 0.300 e. The van der Waals surface area contributed by atoms with Crippen molar-refractivity contribution in [3.63, 3.8) is 0 Å². The third kappa shape index (κ3) is 2.82. The fourth-order valence-electron chi connectivity index (χ4n) is 1.19. The average molecular weight is 176 g/mol. The molecular formula is C11H12O2. The molecule has 0 bridgehead atoms. The van der Waals surface area contributed by atoms with Crippen molar-refractivity contribution in [2.24, 2.45) is 0 Å². The zero-order chi connectivity index (χ0) is 9.68. The molecule has 0 amide bonds. The SMILES string of the molecule is CC(=O)CCc1ccccc1C=O. The van der Waals surface area contributed by atoms with Gasteiger partial charge in [0.1, 0.15) is 12.1 Å². The Morgan fingerprint density at radius 2 is 2.08 bits per heavy atom. The summed E-state index contributed by atoms with van der Waals surface area (Å²) in [6.45, 7) is 1.56. The monoisotopic (exact) mass is 176 g/mol. The topological polar surface area (TPSA) is 34.1 Å². The fourth-order valence-corrected chi connectivity index (χ4v) is 1.19. The van der Waals surface area contributed by atoms with Gasteiger partial charge in [0.05, 0.1) is 0 Å². The van der Waals surface area contributed by atoms with Crippen molar-refractivity contribution < 1.29 is 9.59 Å². The predicted octanol–water partition coefficient (Wildman–Crippen LogP) is 2.02. The molecule has 0 unspecified atom stereocenters. The molecule has 2 heteroatoms. The molecule has 0 aliphatic carbocycles. The van der Waals surface area contributed by atoms with Gasteiger partial charge < -0.3 is 4.79 Å². The highest BCUT2D eigenvalue weighted by Crippen LogP contribution is 2.08. The molecule has 0 N–H and O–H groups in total. The number of aldehydes is 1. The van der Waals surface area contributed by atoms with Gasteiger partial charge in [-0.2, -0.15) is 0 Å². The smallest absolute Gasteiger partial charge is 0.150 e. The number of benzene rings is 1. The standard InChI is InChI=1S/C11H12O2/c1-9(13)6-7-10-4-2-3-5-11(10)8-12/h2-5,8H,6-7H2,1H3. The van der Waals surface area contributed by atoms with E-state index in [2.05, 4.69) is 0 Å². The Balaban J connectivity index is 2.75. The van der Waals surface area contributed by atoms with Gasteiger partial charge in [-0.1, -0.05) is 24.3 Å². The Labute approximate surface area is 77.6 Å². The zero-order valence-corrected chi connectivity index (χ0v) is 7.62. The molecule has 2 nitrogen and oxygen atoms in total. The van der Waals surface area contributed by atoms with E-state index >= 15 is 0 Å². The van der Waals surface area contributed by atoms with Crippen LogP contribution in [0.25, 0.3) is 0 Å². The van der Waals surface area contributed by atoms with Crippen LogP contribution < -0.4 is 0 Å². The number of carbonyl (C=O) groups is 2. The molecule has 1 aromatic carbocycles. The lowest BCUT2D eigenvalue weighted by Crippen LogP contribution is -1.97. The van der Waals surface area contributed by atoms with Crippen molar-refractivity contribution in [1.82, 2.24) is 0 Å². The van der Waals surface area contributed by atoms with Crippen LogP contribution in [0.4, 0.5) is 0 Å². The van der Waals surface area contributed by atoms with E-state index in [-0.39, 0.29) is 5.78 Å². The van der Waals surface area contributed by atoms with Crippen LogP contribution in [0.2, 0.25) is 0 Å². The fraction of sp³-hybridized carbons (Fsp3) is 0.273. The van der Waals surface area contributed by atoms with Gasteiger partial charge in [0, 0.05) is 12.0 Å². The quantitative estimate of drug-likeness (QED) is 0.658. The molecule has 0 fully saturated rings. The van der Waals surface area contributed by atoms with Crippen molar-refractivity contribution in [2.45, 2.75) is 19.8 Å². The van der Waals surface area contributed by atoms with E-state index in [4.69, 9.17) is 0 Å². The van der Waals surface area contributed by atoms with Crippen molar-refractivity contribution in [2.75, 3.05) is 0 Å². The highest BCUT2D eigenvalue weighted by molar-refractivity contribution is 5.79. The third-order valence-corrected chi connectivity index (χ3v) is 1.93. The number of hydrogen-bond donors (Lipinski definition) is 0. The van der Waals surface area contributed by atoms with Gasteiger partial charge in [-0.05, 0) is 18.9 Å². The predicted molar refractivity (Wildman–Crippen MR) is 50.8 cm³/mol.